The van der Waals surface area contributed by atoms with Crippen molar-refractivity contribution in [1.29, 1.82) is 0 Å². The molecule has 4 rings (SSSR count). The minimum absolute atomic E-state index is 0.209. The normalized spacial score (nSPS) is 17.9. The topological polar surface area (TPSA) is 52.2 Å². The van der Waals surface area contributed by atoms with Crippen LogP contribution in [0.2, 0.25) is 0 Å². The van der Waals surface area contributed by atoms with E-state index in [2.05, 4.69) is 9.97 Å². The number of pyridine rings is 1. The molecule has 1 aliphatic rings. The summed E-state index contributed by atoms with van der Waals surface area (Å²) in [4.78, 5) is 8.60. The van der Waals surface area contributed by atoms with Crippen LogP contribution in [0, 0.1) is 5.95 Å². The third kappa shape index (κ3) is 3.62. The van der Waals surface area contributed by atoms with Gasteiger partial charge in [0.05, 0.1) is 22.3 Å². The van der Waals surface area contributed by atoms with Gasteiger partial charge >= 0.3 is 6.18 Å². The zero-order valence-corrected chi connectivity index (χ0v) is 14.9. The van der Waals surface area contributed by atoms with Crippen molar-refractivity contribution >= 4 is 11.0 Å². The van der Waals surface area contributed by atoms with Crippen LogP contribution in [0.3, 0.4) is 0 Å². The van der Waals surface area contributed by atoms with E-state index in [1.165, 1.54) is 18.2 Å². The van der Waals surface area contributed by atoms with E-state index in [9.17, 15) is 22.7 Å². The summed E-state index contributed by atoms with van der Waals surface area (Å²) in [6.07, 6.45) is -4.30. The zero-order valence-electron chi connectivity index (χ0n) is 14.9. The second-order valence-electron chi connectivity index (χ2n) is 7.06. The molecule has 1 unspecified atom stereocenters. The number of fused-ring (bicyclic) bond motifs is 1. The molecule has 0 amide bonds. The number of benzene rings is 1. The number of nitrogens with one attached hydrogen (secondary N) is 1. The lowest BCUT2D eigenvalue weighted by Gasteiger charge is -2.35. The fourth-order valence-corrected chi connectivity index (χ4v) is 3.91. The number of halogens is 4. The summed E-state index contributed by atoms with van der Waals surface area (Å²) in [5.74, 6) is -0.809. The minimum atomic E-state index is -4.38. The van der Waals surface area contributed by atoms with Gasteiger partial charge < -0.3 is 10.1 Å². The lowest BCUT2D eigenvalue weighted by Crippen LogP contribution is -2.36. The molecule has 1 fully saturated rings. The van der Waals surface area contributed by atoms with Crippen LogP contribution >= 0.6 is 0 Å². The number of piperidine rings is 1. The highest BCUT2D eigenvalue weighted by Gasteiger charge is 2.36. The van der Waals surface area contributed by atoms with Gasteiger partial charge in [-0.05, 0) is 48.6 Å². The number of likely N-dealkylation sites (tertiary alicyclic amines) is 1. The molecule has 28 heavy (non-hydrogen) atoms. The summed E-state index contributed by atoms with van der Waals surface area (Å²) in [5.41, 5.74) is 1.25. The molecule has 8 heteroatoms. The van der Waals surface area contributed by atoms with Gasteiger partial charge in [-0.2, -0.15) is 17.6 Å². The average molecular weight is 393 g/mol. The van der Waals surface area contributed by atoms with Crippen molar-refractivity contribution in [2.24, 2.45) is 0 Å². The number of rotatable bonds is 3. The number of alkyl halides is 3. The minimum Gasteiger partial charge on any atom is -0.373 e. The van der Waals surface area contributed by atoms with E-state index in [-0.39, 0.29) is 5.92 Å². The highest BCUT2D eigenvalue weighted by Crippen LogP contribution is 2.39. The van der Waals surface area contributed by atoms with Crippen molar-refractivity contribution in [3.8, 4) is 0 Å². The summed E-state index contributed by atoms with van der Waals surface area (Å²) < 4.78 is 53.1. The van der Waals surface area contributed by atoms with Crippen LogP contribution in [0.4, 0.5) is 17.6 Å². The van der Waals surface area contributed by atoms with Gasteiger partial charge in [0.1, 0.15) is 6.23 Å². The molecule has 4 nitrogen and oxygen atoms in total. The van der Waals surface area contributed by atoms with E-state index in [1.54, 1.807) is 23.1 Å². The largest absolute Gasteiger partial charge is 0.416 e. The Morgan fingerprint density at radius 3 is 2.54 bits per heavy atom. The molecule has 0 spiro atoms. The molecule has 1 atom stereocenters. The zero-order chi connectivity index (χ0) is 19.9. The molecular formula is C20H19F4N3O. The van der Waals surface area contributed by atoms with Gasteiger partial charge in [-0.25, -0.2) is 4.98 Å². The number of aliphatic hydroxyl groups is 1. The molecule has 0 saturated carbocycles. The van der Waals surface area contributed by atoms with Crippen LogP contribution < -0.4 is 0 Å². The van der Waals surface area contributed by atoms with Crippen LogP contribution in [-0.4, -0.2) is 33.1 Å². The molecule has 148 valence electrons. The van der Waals surface area contributed by atoms with Gasteiger partial charge in [0.2, 0.25) is 5.95 Å². The van der Waals surface area contributed by atoms with E-state index in [4.69, 9.17) is 0 Å². The molecule has 3 heterocycles. The van der Waals surface area contributed by atoms with Crippen molar-refractivity contribution in [3.05, 3.63) is 65.2 Å². The molecule has 2 aromatic heterocycles. The monoisotopic (exact) mass is 393 g/mol. The predicted octanol–water partition coefficient (Wildman–Crippen LogP) is 4.59. The Bertz CT molecular complexity index is 977. The van der Waals surface area contributed by atoms with E-state index in [0.717, 1.165) is 6.07 Å². The Balaban J connectivity index is 1.48. The first-order valence-corrected chi connectivity index (χ1v) is 9.06. The van der Waals surface area contributed by atoms with Crippen LogP contribution in [-0.2, 0) is 6.18 Å². The fraction of sp³-hybridized carbons (Fsp3) is 0.350. The SMILES string of the molecule is OC(c1cc2nc(F)ccc2[nH]1)N1CCC(c2ccccc2C(F)(F)F)CC1. The first-order chi connectivity index (χ1) is 13.3. The van der Waals surface area contributed by atoms with Crippen LogP contribution in [0.25, 0.3) is 11.0 Å². The predicted molar refractivity (Wildman–Crippen MR) is 96.0 cm³/mol. The van der Waals surface area contributed by atoms with Crippen molar-refractivity contribution < 1.29 is 22.7 Å². The van der Waals surface area contributed by atoms with Crippen molar-refractivity contribution in [2.45, 2.75) is 31.2 Å². The van der Waals surface area contributed by atoms with E-state index >= 15 is 0 Å². The lowest BCUT2D eigenvalue weighted by molar-refractivity contribution is -0.138. The maximum Gasteiger partial charge on any atom is 0.416 e. The first-order valence-electron chi connectivity index (χ1n) is 9.06. The Kier molecular flexibility index (Phi) is 4.84. The molecule has 2 N–H and O–H groups in total. The molecule has 0 aliphatic carbocycles. The van der Waals surface area contributed by atoms with Gasteiger partial charge in [-0.1, -0.05) is 18.2 Å². The van der Waals surface area contributed by atoms with Crippen molar-refractivity contribution in [2.75, 3.05) is 13.1 Å². The quantitative estimate of drug-likeness (QED) is 0.506. The second-order valence-corrected chi connectivity index (χ2v) is 7.06. The molecule has 1 saturated heterocycles. The van der Waals surface area contributed by atoms with Crippen molar-refractivity contribution in [1.82, 2.24) is 14.9 Å². The van der Waals surface area contributed by atoms with E-state index in [0.29, 0.717) is 48.2 Å². The molecule has 3 aromatic rings. The summed E-state index contributed by atoms with van der Waals surface area (Å²) in [7, 11) is 0. The Hall–Kier alpha value is -2.45. The van der Waals surface area contributed by atoms with Gasteiger partial charge in [0.25, 0.3) is 0 Å². The first kappa shape index (κ1) is 18.9. The van der Waals surface area contributed by atoms with Crippen molar-refractivity contribution in [3.63, 3.8) is 0 Å². The Morgan fingerprint density at radius 2 is 1.82 bits per heavy atom. The highest BCUT2D eigenvalue weighted by molar-refractivity contribution is 5.75. The lowest BCUT2D eigenvalue weighted by atomic mass is 9.86. The third-order valence-corrected chi connectivity index (χ3v) is 5.32. The van der Waals surface area contributed by atoms with Gasteiger partial charge in [0.15, 0.2) is 0 Å². The average Bonchev–Trinajstić information content (AvgIpc) is 3.10. The molecule has 0 radical (unpaired) electrons. The smallest absolute Gasteiger partial charge is 0.373 e. The summed E-state index contributed by atoms with van der Waals surface area (Å²) in [6.45, 7) is 0.907. The molecular weight excluding hydrogens is 374 g/mol. The fourth-order valence-electron chi connectivity index (χ4n) is 3.91. The summed E-state index contributed by atoms with van der Waals surface area (Å²) in [5, 5.41) is 10.6. The van der Waals surface area contributed by atoms with E-state index < -0.39 is 23.9 Å². The number of nitrogens with zero attached hydrogens (tertiary/aromatic N) is 2. The van der Waals surface area contributed by atoms with Crippen LogP contribution in [0.1, 0.15) is 41.8 Å². The summed E-state index contributed by atoms with van der Waals surface area (Å²) in [6, 6.07) is 10.1. The van der Waals surface area contributed by atoms with Gasteiger partial charge in [0, 0.05) is 13.1 Å². The van der Waals surface area contributed by atoms with Crippen LogP contribution in [0.5, 0.6) is 0 Å². The van der Waals surface area contributed by atoms with E-state index in [1.807, 2.05) is 0 Å². The maximum absolute atomic E-state index is 13.3. The molecule has 0 bridgehead atoms. The molecule has 1 aromatic carbocycles. The maximum atomic E-state index is 13.3. The summed E-state index contributed by atoms with van der Waals surface area (Å²) >= 11 is 0. The third-order valence-electron chi connectivity index (χ3n) is 5.32. The number of aromatic amines is 1. The Labute approximate surface area is 158 Å². The van der Waals surface area contributed by atoms with Gasteiger partial charge in [-0.3, -0.25) is 4.90 Å². The van der Waals surface area contributed by atoms with Crippen LogP contribution in [0.15, 0.2) is 42.5 Å². The van der Waals surface area contributed by atoms with Gasteiger partial charge in [-0.15, -0.1) is 0 Å². The highest BCUT2D eigenvalue weighted by atomic mass is 19.4. The number of H-pyrrole nitrogens is 1. The number of hydrogen-bond donors (Lipinski definition) is 2. The number of aliphatic hydroxyl groups excluding tert-OH is 1. The molecule has 1 aliphatic heterocycles. The second kappa shape index (κ2) is 7.18. The number of aromatic nitrogens is 2. The Morgan fingerprint density at radius 1 is 1.11 bits per heavy atom. The number of hydrogen-bond acceptors (Lipinski definition) is 3. The standard InChI is InChI=1S/C20H19F4N3O/c21-18-6-5-15-16(26-18)11-17(25-15)19(28)27-9-7-12(8-10-27)13-3-1-2-4-14(13)20(22,23)24/h1-6,11-12,19,25,28H,7-10H2.